The van der Waals surface area contributed by atoms with Crippen molar-refractivity contribution in [2.24, 2.45) is 0 Å². The molecule has 0 unspecified atom stereocenters. The zero-order valence-corrected chi connectivity index (χ0v) is 18.8. The molecule has 0 aliphatic carbocycles. The van der Waals surface area contributed by atoms with Gasteiger partial charge in [-0.3, -0.25) is 0 Å². The molecule has 0 saturated carbocycles. The van der Waals surface area contributed by atoms with Crippen LogP contribution in [0.5, 0.6) is 5.75 Å². The highest BCUT2D eigenvalue weighted by Crippen LogP contribution is 2.35. The van der Waals surface area contributed by atoms with E-state index in [-0.39, 0.29) is 28.8 Å². The molecule has 1 aromatic heterocycles. The van der Waals surface area contributed by atoms with Crippen LogP contribution in [0.1, 0.15) is 24.1 Å². The zero-order chi connectivity index (χ0) is 22.7. The third kappa shape index (κ3) is 4.20. The molecule has 9 heteroatoms. The number of anilines is 1. The summed E-state index contributed by atoms with van der Waals surface area (Å²) in [5, 5.41) is 9.50. The molecule has 0 radical (unpaired) electrons. The van der Waals surface area contributed by atoms with E-state index >= 15 is 0 Å². The number of aromatic nitrogens is 1. The van der Waals surface area contributed by atoms with E-state index in [9.17, 15) is 13.7 Å². The first-order valence-electron chi connectivity index (χ1n) is 10.3. The quantitative estimate of drug-likeness (QED) is 0.539. The fourth-order valence-electron chi connectivity index (χ4n) is 3.75. The van der Waals surface area contributed by atoms with Crippen LogP contribution in [0.25, 0.3) is 11.5 Å². The van der Waals surface area contributed by atoms with Gasteiger partial charge in [0.2, 0.25) is 27.5 Å². The molecule has 32 heavy (non-hydrogen) atoms. The highest BCUT2D eigenvalue weighted by Gasteiger charge is 2.28. The largest absolute Gasteiger partial charge is 0.495 e. The number of nitriles is 1. The van der Waals surface area contributed by atoms with Gasteiger partial charge in [0.1, 0.15) is 16.7 Å². The Morgan fingerprint density at radius 3 is 2.56 bits per heavy atom. The summed E-state index contributed by atoms with van der Waals surface area (Å²) in [6, 6.07) is 16.2. The molecular weight excluding hydrogens is 428 g/mol. The van der Waals surface area contributed by atoms with E-state index in [4.69, 9.17) is 9.15 Å². The van der Waals surface area contributed by atoms with Gasteiger partial charge in [0.05, 0.1) is 7.11 Å². The lowest BCUT2D eigenvalue weighted by atomic mass is 10.2. The second-order valence-corrected chi connectivity index (χ2v) is 9.60. The molecule has 0 spiro atoms. The van der Waals surface area contributed by atoms with Crippen LogP contribution in [0.3, 0.4) is 0 Å². The molecule has 2 aromatic carbocycles. The number of hydrogen-bond donors (Lipinski definition) is 0. The number of oxazole rings is 1. The summed E-state index contributed by atoms with van der Waals surface area (Å²) in [7, 11) is -0.919. The van der Waals surface area contributed by atoms with Gasteiger partial charge in [-0.25, -0.2) is 8.42 Å². The molecule has 0 amide bonds. The average molecular weight is 453 g/mol. The molecule has 4 rings (SSSR count). The molecule has 0 bridgehead atoms. The van der Waals surface area contributed by atoms with Crippen LogP contribution in [0, 0.1) is 11.3 Å². The maximum atomic E-state index is 13.4. The maximum absolute atomic E-state index is 13.4. The lowest BCUT2D eigenvalue weighted by molar-refractivity contribution is 0.397. The third-order valence-corrected chi connectivity index (χ3v) is 7.28. The summed E-state index contributed by atoms with van der Waals surface area (Å²) >= 11 is 0. The van der Waals surface area contributed by atoms with Crippen LogP contribution in [-0.4, -0.2) is 45.0 Å². The monoisotopic (exact) mass is 452 g/mol. The van der Waals surface area contributed by atoms with Crippen molar-refractivity contribution in [2.45, 2.75) is 24.3 Å². The Bertz CT molecular complexity index is 1240. The number of methoxy groups -OCH3 is 1. The summed E-state index contributed by atoms with van der Waals surface area (Å²) < 4.78 is 39.3. The fourth-order valence-corrected chi connectivity index (χ4v) is 5.08. The van der Waals surface area contributed by atoms with E-state index in [1.165, 1.54) is 24.5 Å². The van der Waals surface area contributed by atoms with Gasteiger partial charge in [0, 0.05) is 32.2 Å². The number of sulfonamides is 1. The molecule has 3 aromatic rings. The highest BCUT2D eigenvalue weighted by atomic mass is 32.2. The highest BCUT2D eigenvalue weighted by molar-refractivity contribution is 7.89. The van der Waals surface area contributed by atoms with Gasteiger partial charge in [0.15, 0.2) is 0 Å². The molecule has 1 aliphatic heterocycles. The molecule has 8 nitrogen and oxygen atoms in total. The van der Waals surface area contributed by atoms with Gasteiger partial charge in [-0.15, -0.1) is 0 Å². The number of rotatable bonds is 7. The maximum Gasteiger partial charge on any atom is 0.246 e. The van der Waals surface area contributed by atoms with Crippen molar-refractivity contribution >= 4 is 15.9 Å². The van der Waals surface area contributed by atoms with Crippen molar-refractivity contribution in [3.8, 4) is 23.3 Å². The molecule has 166 valence electrons. The van der Waals surface area contributed by atoms with Crippen molar-refractivity contribution in [3.63, 3.8) is 0 Å². The average Bonchev–Trinajstić information content (AvgIpc) is 3.49. The number of benzene rings is 2. The Labute approximate surface area is 187 Å². The van der Waals surface area contributed by atoms with Crippen molar-refractivity contribution in [3.05, 3.63) is 59.8 Å². The molecule has 0 N–H and O–H groups in total. The summed E-state index contributed by atoms with van der Waals surface area (Å²) in [6.45, 7) is 1.82. The first kappa shape index (κ1) is 21.9. The fraction of sp³-hybridized carbons (Fsp3) is 0.304. The number of ether oxygens (including phenoxy) is 1. The van der Waals surface area contributed by atoms with E-state index < -0.39 is 10.0 Å². The van der Waals surface area contributed by atoms with E-state index in [1.54, 1.807) is 12.1 Å². The van der Waals surface area contributed by atoms with Crippen molar-refractivity contribution < 1.29 is 17.6 Å². The van der Waals surface area contributed by atoms with Crippen LogP contribution in [-0.2, 0) is 16.6 Å². The van der Waals surface area contributed by atoms with E-state index in [2.05, 4.69) is 11.1 Å². The summed E-state index contributed by atoms with van der Waals surface area (Å²) in [5.41, 5.74) is 1.53. The summed E-state index contributed by atoms with van der Waals surface area (Å²) in [4.78, 5) is 6.32. The van der Waals surface area contributed by atoms with Crippen molar-refractivity contribution in [1.29, 1.82) is 5.26 Å². The van der Waals surface area contributed by atoms with Crippen molar-refractivity contribution in [1.82, 2.24) is 9.29 Å². The molecule has 1 fully saturated rings. The van der Waals surface area contributed by atoms with E-state index in [1.807, 2.05) is 35.2 Å². The number of hydrogen-bond acceptors (Lipinski definition) is 7. The van der Waals surface area contributed by atoms with Gasteiger partial charge in [-0.2, -0.15) is 14.6 Å². The standard InChI is InChI=1S/C23H24N4O4S/c1-26(16-17-8-4-3-5-9-17)32(28,29)21-14-18(10-11-20(21)30-2)22-25-19(15-24)23(31-22)27-12-6-7-13-27/h3-5,8-11,14H,6-7,12-13,16H2,1-2H3. The molecule has 0 atom stereocenters. The SMILES string of the molecule is COc1ccc(-c2nc(C#N)c(N3CCCC3)o2)cc1S(=O)(=O)N(C)Cc1ccccc1. The Kier molecular flexibility index (Phi) is 6.17. The predicted molar refractivity (Wildman–Crippen MR) is 120 cm³/mol. The second kappa shape index (κ2) is 9.02. The van der Waals surface area contributed by atoms with E-state index in [0.29, 0.717) is 11.4 Å². The van der Waals surface area contributed by atoms with Gasteiger partial charge in [-0.05, 0) is 36.6 Å². The van der Waals surface area contributed by atoms with Gasteiger partial charge >= 0.3 is 0 Å². The summed E-state index contributed by atoms with van der Waals surface area (Å²) in [6.07, 6.45) is 2.05. The van der Waals surface area contributed by atoms with Crippen LogP contribution in [0.2, 0.25) is 0 Å². The smallest absolute Gasteiger partial charge is 0.246 e. The van der Waals surface area contributed by atoms with Gasteiger partial charge < -0.3 is 14.1 Å². The Hall–Kier alpha value is -3.35. The minimum Gasteiger partial charge on any atom is -0.495 e. The molecule has 2 heterocycles. The molecule has 1 saturated heterocycles. The minimum atomic E-state index is -3.87. The first-order valence-corrected chi connectivity index (χ1v) is 11.7. The van der Waals surface area contributed by atoms with Gasteiger partial charge in [-0.1, -0.05) is 30.3 Å². The lowest BCUT2D eigenvalue weighted by Gasteiger charge is -2.19. The van der Waals surface area contributed by atoms with Crippen LogP contribution >= 0.6 is 0 Å². The van der Waals surface area contributed by atoms with Crippen LogP contribution < -0.4 is 9.64 Å². The molecular formula is C23H24N4O4S. The minimum absolute atomic E-state index is 0.00959. The number of nitrogens with zero attached hydrogens (tertiary/aromatic N) is 4. The zero-order valence-electron chi connectivity index (χ0n) is 18.0. The van der Waals surface area contributed by atoms with E-state index in [0.717, 1.165) is 31.5 Å². The van der Waals surface area contributed by atoms with Crippen LogP contribution in [0.15, 0.2) is 57.8 Å². The Morgan fingerprint density at radius 1 is 1.19 bits per heavy atom. The second-order valence-electron chi connectivity index (χ2n) is 7.59. The third-order valence-electron chi connectivity index (χ3n) is 5.46. The normalized spacial score (nSPS) is 14.0. The summed E-state index contributed by atoms with van der Waals surface area (Å²) in [5.74, 6) is 0.857. The molecule has 1 aliphatic rings. The first-order chi connectivity index (χ1) is 15.4. The predicted octanol–water partition coefficient (Wildman–Crippen LogP) is 3.64. The Morgan fingerprint density at radius 2 is 1.91 bits per heavy atom. The lowest BCUT2D eigenvalue weighted by Crippen LogP contribution is -2.27. The van der Waals surface area contributed by atoms with Crippen LogP contribution in [0.4, 0.5) is 5.88 Å². The van der Waals surface area contributed by atoms with Gasteiger partial charge in [0.25, 0.3) is 0 Å². The van der Waals surface area contributed by atoms with Crippen molar-refractivity contribution in [2.75, 3.05) is 32.1 Å². The topological polar surface area (TPSA) is 99.7 Å². The Balaban J connectivity index is 1.71.